The van der Waals surface area contributed by atoms with Crippen molar-refractivity contribution in [3.63, 3.8) is 0 Å². The van der Waals surface area contributed by atoms with Gasteiger partial charge in [0.05, 0.1) is 31.9 Å². The Labute approximate surface area is 201 Å². The zero-order valence-electron chi connectivity index (χ0n) is 18.8. The highest BCUT2D eigenvalue weighted by molar-refractivity contribution is 7.80. The van der Waals surface area contributed by atoms with Crippen LogP contribution in [0.4, 0.5) is 14.5 Å². The molecule has 0 aromatic heterocycles. The zero-order chi connectivity index (χ0) is 24.2. The van der Waals surface area contributed by atoms with Gasteiger partial charge in [-0.05, 0) is 49.5 Å². The van der Waals surface area contributed by atoms with E-state index < -0.39 is 12.7 Å². The van der Waals surface area contributed by atoms with Crippen LogP contribution in [0.5, 0.6) is 11.5 Å². The molecule has 2 aliphatic rings. The van der Waals surface area contributed by atoms with Crippen LogP contribution in [0.2, 0.25) is 0 Å². The number of morpholine rings is 1. The fraction of sp³-hybridized carbons (Fsp3) is 0.333. The lowest BCUT2D eigenvalue weighted by molar-refractivity contribution is -0.131. The van der Waals surface area contributed by atoms with Crippen molar-refractivity contribution in [1.29, 1.82) is 0 Å². The van der Waals surface area contributed by atoms with E-state index in [0.29, 0.717) is 54.0 Å². The average Bonchev–Trinajstić information content (AvgIpc) is 2.84. The molecular weight excluding hydrogens is 464 g/mol. The van der Waals surface area contributed by atoms with Crippen molar-refractivity contribution in [2.24, 2.45) is 0 Å². The van der Waals surface area contributed by atoms with Crippen molar-refractivity contribution in [3.05, 3.63) is 65.4 Å². The molecule has 2 aromatic rings. The van der Waals surface area contributed by atoms with E-state index in [4.69, 9.17) is 26.4 Å². The van der Waals surface area contributed by atoms with Crippen molar-refractivity contribution in [2.45, 2.75) is 19.6 Å². The van der Waals surface area contributed by atoms with Gasteiger partial charge in [-0.25, -0.2) is 0 Å². The molecule has 0 saturated carbocycles. The second kappa shape index (κ2) is 10.4. The Morgan fingerprint density at radius 3 is 2.47 bits per heavy atom. The Kier molecular flexibility index (Phi) is 7.28. The van der Waals surface area contributed by atoms with Gasteiger partial charge in [-0.1, -0.05) is 18.2 Å². The molecule has 2 aromatic carbocycles. The third-order valence-electron chi connectivity index (χ3n) is 5.79. The number of nitrogens with zero attached hydrogens (tertiary/aromatic N) is 2. The molecule has 1 N–H and O–H groups in total. The number of ether oxygens (including phenoxy) is 3. The molecule has 0 spiro atoms. The monoisotopic (exact) mass is 489 g/mol. The molecule has 180 valence electrons. The third-order valence-corrected chi connectivity index (χ3v) is 6.09. The number of anilines is 1. The minimum Gasteiger partial charge on any atom is -0.497 e. The number of carbonyl (C=O) groups excluding carboxylic acids is 1. The second-order valence-corrected chi connectivity index (χ2v) is 8.12. The molecule has 1 atom stereocenters. The molecule has 1 fully saturated rings. The van der Waals surface area contributed by atoms with Gasteiger partial charge in [-0.3, -0.25) is 9.69 Å². The first kappa shape index (κ1) is 23.9. The SMILES string of the molecule is COc1ccc(N2C(=S)NC(c3ccccc3OC(F)F)C(C(=O)N3CCOCC3)=C2C)cc1. The molecule has 34 heavy (non-hydrogen) atoms. The summed E-state index contributed by atoms with van der Waals surface area (Å²) in [5, 5.41) is 3.52. The first-order valence-electron chi connectivity index (χ1n) is 10.8. The Morgan fingerprint density at radius 2 is 1.82 bits per heavy atom. The van der Waals surface area contributed by atoms with Gasteiger partial charge in [0, 0.05) is 30.0 Å². The number of rotatable bonds is 6. The van der Waals surface area contributed by atoms with E-state index in [1.54, 1.807) is 54.2 Å². The molecular formula is C24H25F2N3O4S. The second-order valence-electron chi connectivity index (χ2n) is 7.74. The van der Waals surface area contributed by atoms with Gasteiger partial charge >= 0.3 is 6.61 Å². The predicted molar refractivity (Wildman–Crippen MR) is 127 cm³/mol. The van der Waals surface area contributed by atoms with Crippen LogP contribution in [0.25, 0.3) is 0 Å². The van der Waals surface area contributed by atoms with Gasteiger partial charge in [-0.2, -0.15) is 8.78 Å². The van der Waals surface area contributed by atoms with E-state index in [-0.39, 0.29) is 11.7 Å². The number of hydrogen-bond donors (Lipinski definition) is 1. The number of amides is 1. The minimum atomic E-state index is -3.00. The Hall–Kier alpha value is -3.24. The van der Waals surface area contributed by atoms with E-state index >= 15 is 0 Å². The molecule has 0 bridgehead atoms. The maximum absolute atomic E-state index is 13.8. The number of alkyl halides is 2. The summed E-state index contributed by atoms with van der Waals surface area (Å²) in [6.07, 6.45) is 0. The van der Waals surface area contributed by atoms with Crippen molar-refractivity contribution >= 4 is 28.9 Å². The van der Waals surface area contributed by atoms with Crippen LogP contribution >= 0.6 is 12.2 Å². The first-order chi connectivity index (χ1) is 16.4. The fourth-order valence-electron chi connectivity index (χ4n) is 4.15. The molecule has 0 radical (unpaired) electrons. The number of halogens is 2. The van der Waals surface area contributed by atoms with Crippen molar-refractivity contribution in [3.8, 4) is 11.5 Å². The number of benzene rings is 2. The minimum absolute atomic E-state index is 0.0178. The summed E-state index contributed by atoms with van der Waals surface area (Å²) in [5.74, 6) is 0.448. The summed E-state index contributed by atoms with van der Waals surface area (Å²) in [7, 11) is 1.58. The number of carbonyl (C=O) groups is 1. The van der Waals surface area contributed by atoms with E-state index in [1.165, 1.54) is 6.07 Å². The summed E-state index contributed by atoms with van der Waals surface area (Å²) >= 11 is 5.67. The average molecular weight is 490 g/mol. The summed E-state index contributed by atoms with van der Waals surface area (Å²) in [6, 6.07) is 12.9. The molecule has 1 amide bonds. The normalized spacial score (nSPS) is 18.7. The summed E-state index contributed by atoms with van der Waals surface area (Å²) in [5.41, 5.74) is 2.13. The predicted octanol–water partition coefficient (Wildman–Crippen LogP) is 3.87. The summed E-state index contributed by atoms with van der Waals surface area (Å²) in [4.78, 5) is 17.2. The standard InChI is InChI=1S/C24H25F2N3O4S/c1-15-20(22(30)28-11-13-32-14-12-28)21(18-5-3-4-6-19(18)33-23(25)26)27-24(34)29(15)16-7-9-17(31-2)10-8-16/h3-10,21,23H,11-14H2,1-2H3,(H,27,34). The van der Waals surface area contributed by atoms with Crippen LogP contribution in [0, 0.1) is 0 Å². The molecule has 0 aliphatic carbocycles. The maximum atomic E-state index is 13.8. The number of allylic oxidation sites excluding steroid dienone is 1. The van der Waals surface area contributed by atoms with Gasteiger partial charge in [0.2, 0.25) is 0 Å². The van der Waals surface area contributed by atoms with Crippen LogP contribution < -0.4 is 19.7 Å². The molecule has 1 unspecified atom stereocenters. The topological polar surface area (TPSA) is 63.3 Å². The zero-order valence-corrected chi connectivity index (χ0v) is 19.6. The van der Waals surface area contributed by atoms with Crippen molar-refractivity contribution in [2.75, 3.05) is 38.3 Å². The number of hydrogen-bond acceptors (Lipinski definition) is 5. The van der Waals surface area contributed by atoms with Gasteiger partial charge in [0.25, 0.3) is 5.91 Å². The van der Waals surface area contributed by atoms with Gasteiger partial charge in [0.1, 0.15) is 11.5 Å². The highest BCUT2D eigenvalue weighted by atomic mass is 32.1. The number of para-hydroxylation sites is 1. The van der Waals surface area contributed by atoms with Gasteiger partial charge in [0.15, 0.2) is 5.11 Å². The fourth-order valence-corrected chi connectivity index (χ4v) is 4.51. The van der Waals surface area contributed by atoms with Crippen LogP contribution in [0.3, 0.4) is 0 Å². The Bertz CT molecular complexity index is 1090. The lowest BCUT2D eigenvalue weighted by atomic mass is 9.92. The molecule has 4 rings (SSSR count). The highest BCUT2D eigenvalue weighted by Crippen LogP contribution is 2.38. The van der Waals surface area contributed by atoms with Crippen molar-refractivity contribution in [1.82, 2.24) is 10.2 Å². The molecule has 7 nitrogen and oxygen atoms in total. The molecule has 2 heterocycles. The summed E-state index contributed by atoms with van der Waals surface area (Å²) in [6.45, 7) is 0.531. The van der Waals surface area contributed by atoms with Crippen LogP contribution in [-0.2, 0) is 9.53 Å². The highest BCUT2D eigenvalue weighted by Gasteiger charge is 2.38. The number of nitrogens with one attached hydrogen (secondary N) is 1. The smallest absolute Gasteiger partial charge is 0.387 e. The lowest BCUT2D eigenvalue weighted by Crippen LogP contribution is -2.51. The van der Waals surface area contributed by atoms with Crippen LogP contribution in [0.1, 0.15) is 18.5 Å². The van der Waals surface area contributed by atoms with Crippen LogP contribution in [-0.4, -0.2) is 55.9 Å². The third kappa shape index (κ3) is 4.83. The lowest BCUT2D eigenvalue weighted by Gasteiger charge is -2.40. The molecule has 10 heteroatoms. The van der Waals surface area contributed by atoms with E-state index in [1.807, 2.05) is 12.1 Å². The van der Waals surface area contributed by atoms with Crippen LogP contribution in [0.15, 0.2) is 59.8 Å². The summed E-state index contributed by atoms with van der Waals surface area (Å²) < 4.78 is 41.7. The Balaban J connectivity index is 1.82. The maximum Gasteiger partial charge on any atom is 0.387 e. The largest absolute Gasteiger partial charge is 0.497 e. The van der Waals surface area contributed by atoms with Crippen molar-refractivity contribution < 1.29 is 27.8 Å². The van der Waals surface area contributed by atoms with E-state index in [2.05, 4.69) is 5.32 Å². The number of thiocarbonyl (C=S) groups is 1. The number of methoxy groups -OCH3 is 1. The van der Waals surface area contributed by atoms with Gasteiger partial charge < -0.3 is 24.4 Å². The van der Waals surface area contributed by atoms with E-state index in [9.17, 15) is 13.6 Å². The molecule has 2 aliphatic heterocycles. The van der Waals surface area contributed by atoms with Gasteiger partial charge in [-0.15, -0.1) is 0 Å². The Morgan fingerprint density at radius 1 is 1.15 bits per heavy atom. The molecule has 1 saturated heterocycles. The van der Waals surface area contributed by atoms with E-state index in [0.717, 1.165) is 5.69 Å². The quantitative estimate of drug-likeness (QED) is 0.619. The first-order valence-corrected chi connectivity index (χ1v) is 11.2.